The SMILES string of the molecule is COC(=O)[C@H]1CC[C@H](Cn2cc3cc(C#N)ccc3n2)CC1. The number of fused-ring (bicyclic) bond motifs is 1. The average molecular weight is 297 g/mol. The highest BCUT2D eigenvalue weighted by Crippen LogP contribution is 2.30. The Morgan fingerprint density at radius 3 is 2.86 bits per heavy atom. The van der Waals surface area contributed by atoms with E-state index in [0.29, 0.717) is 11.5 Å². The van der Waals surface area contributed by atoms with Gasteiger partial charge in [0, 0.05) is 18.1 Å². The molecule has 0 saturated heterocycles. The van der Waals surface area contributed by atoms with Crippen LogP contribution < -0.4 is 0 Å². The van der Waals surface area contributed by atoms with Crippen LogP contribution in [0.1, 0.15) is 31.2 Å². The van der Waals surface area contributed by atoms with Crippen molar-refractivity contribution in [3.63, 3.8) is 0 Å². The van der Waals surface area contributed by atoms with Gasteiger partial charge in [0.05, 0.1) is 30.2 Å². The van der Waals surface area contributed by atoms with Crippen LogP contribution in [0, 0.1) is 23.2 Å². The van der Waals surface area contributed by atoms with E-state index in [4.69, 9.17) is 10.00 Å². The molecule has 0 aliphatic heterocycles. The Balaban J connectivity index is 1.65. The smallest absolute Gasteiger partial charge is 0.308 e. The maximum atomic E-state index is 11.5. The van der Waals surface area contributed by atoms with Gasteiger partial charge < -0.3 is 4.74 Å². The molecule has 1 aliphatic carbocycles. The van der Waals surface area contributed by atoms with E-state index in [9.17, 15) is 4.79 Å². The fourth-order valence-electron chi connectivity index (χ4n) is 3.25. The Labute approximate surface area is 129 Å². The van der Waals surface area contributed by atoms with Gasteiger partial charge in [-0.1, -0.05) is 0 Å². The number of methoxy groups -OCH3 is 1. The Morgan fingerprint density at radius 2 is 2.18 bits per heavy atom. The summed E-state index contributed by atoms with van der Waals surface area (Å²) in [7, 11) is 1.46. The normalized spacial score (nSPS) is 21.5. The highest BCUT2D eigenvalue weighted by Gasteiger charge is 2.27. The molecule has 0 radical (unpaired) electrons. The second kappa shape index (κ2) is 6.18. The van der Waals surface area contributed by atoms with E-state index in [-0.39, 0.29) is 11.9 Å². The minimum absolute atomic E-state index is 0.0659. The predicted molar refractivity (Wildman–Crippen MR) is 81.9 cm³/mol. The first-order valence-electron chi connectivity index (χ1n) is 7.64. The van der Waals surface area contributed by atoms with E-state index >= 15 is 0 Å². The fraction of sp³-hybridized carbons (Fsp3) is 0.471. The van der Waals surface area contributed by atoms with E-state index in [1.165, 1.54) is 7.11 Å². The number of aromatic nitrogens is 2. The van der Waals surface area contributed by atoms with E-state index < -0.39 is 0 Å². The zero-order valence-electron chi connectivity index (χ0n) is 12.7. The summed E-state index contributed by atoms with van der Waals surface area (Å²) >= 11 is 0. The highest BCUT2D eigenvalue weighted by molar-refractivity contribution is 5.79. The van der Waals surface area contributed by atoms with Crippen molar-refractivity contribution in [2.24, 2.45) is 11.8 Å². The molecule has 1 heterocycles. The maximum absolute atomic E-state index is 11.5. The quantitative estimate of drug-likeness (QED) is 0.817. The minimum atomic E-state index is -0.0766. The van der Waals surface area contributed by atoms with Gasteiger partial charge in [-0.05, 0) is 49.8 Å². The first-order valence-corrected chi connectivity index (χ1v) is 7.64. The van der Waals surface area contributed by atoms with Crippen LogP contribution in [0.25, 0.3) is 10.9 Å². The molecular formula is C17H19N3O2. The minimum Gasteiger partial charge on any atom is -0.469 e. The van der Waals surface area contributed by atoms with Gasteiger partial charge in [-0.3, -0.25) is 9.48 Å². The molecule has 5 nitrogen and oxygen atoms in total. The van der Waals surface area contributed by atoms with Gasteiger partial charge in [0.15, 0.2) is 0 Å². The van der Waals surface area contributed by atoms with Crippen LogP contribution in [0.5, 0.6) is 0 Å². The number of rotatable bonds is 3. The van der Waals surface area contributed by atoms with Gasteiger partial charge in [0.2, 0.25) is 0 Å². The first kappa shape index (κ1) is 14.6. The average Bonchev–Trinajstić information content (AvgIpc) is 2.95. The third-order valence-corrected chi connectivity index (χ3v) is 4.51. The van der Waals surface area contributed by atoms with Crippen molar-refractivity contribution >= 4 is 16.9 Å². The summed E-state index contributed by atoms with van der Waals surface area (Å²) in [6.07, 6.45) is 5.86. The number of nitriles is 1. The molecule has 0 atom stereocenters. The molecule has 114 valence electrons. The van der Waals surface area contributed by atoms with Crippen LogP contribution in [0.4, 0.5) is 0 Å². The van der Waals surface area contributed by atoms with Crippen molar-refractivity contribution in [3.8, 4) is 6.07 Å². The van der Waals surface area contributed by atoms with Crippen molar-refractivity contribution < 1.29 is 9.53 Å². The molecule has 0 spiro atoms. The lowest BCUT2D eigenvalue weighted by atomic mass is 9.82. The Morgan fingerprint density at radius 1 is 1.41 bits per heavy atom. The lowest BCUT2D eigenvalue weighted by molar-refractivity contribution is -0.146. The third kappa shape index (κ3) is 2.96. The van der Waals surface area contributed by atoms with Gasteiger partial charge in [-0.15, -0.1) is 0 Å². The molecule has 0 amide bonds. The van der Waals surface area contributed by atoms with Gasteiger partial charge in [0.25, 0.3) is 0 Å². The van der Waals surface area contributed by atoms with Gasteiger partial charge in [-0.2, -0.15) is 10.4 Å². The van der Waals surface area contributed by atoms with Crippen molar-refractivity contribution in [2.45, 2.75) is 32.2 Å². The summed E-state index contributed by atoms with van der Waals surface area (Å²) in [5.74, 6) is 0.536. The van der Waals surface area contributed by atoms with Crippen LogP contribution in [0.2, 0.25) is 0 Å². The first-order chi connectivity index (χ1) is 10.7. The predicted octanol–water partition coefficient (Wildman–Crippen LogP) is 2.89. The zero-order chi connectivity index (χ0) is 15.5. The summed E-state index contributed by atoms with van der Waals surface area (Å²) in [5, 5.41) is 14.5. The van der Waals surface area contributed by atoms with Crippen LogP contribution in [-0.2, 0) is 16.1 Å². The summed E-state index contributed by atoms with van der Waals surface area (Å²) in [6, 6.07) is 7.70. The van der Waals surface area contributed by atoms with Crippen molar-refractivity contribution in [1.29, 1.82) is 5.26 Å². The van der Waals surface area contributed by atoms with Crippen molar-refractivity contribution in [3.05, 3.63) is 30.0 Å². The molecule has 2 aromatic rings. The van der Waals surface area contributed by atoms with Gasteiger partial charge >= 0.3 is 5.97 Å². The van der Waals surface area contributed by atoms with E-state index in [2.05, 4.69) is 11.2 Å². The molecule has 0 bridgehead atoms. The standard InChI is InChI=1S/C17H19N3O2/c1-22-17(21)14-5-2-12(3-6-14)10-20-11-15-8-13(9-18)4-7-16(15)19-20/h4,7-8,11-12,14H,2-3,5-6,10H2,1H3/t12-,14-. The fourth-order valence-corrected chi connectivity index (χ4v) is 3.25. The van der Waals surface area contributed by atoms with Crippen LogP contribution >= 0.6 is 0 Å². The van der Waals surface area contributed by atoms with Crippen LogP contribution in [-0.4, -0.2) is 22.9 Å². The van der Waals surface area contributed by atoms with E-state index in [1.807, 2.05) is 23.0 Å². The number of hydrogen-bond acceptors (Lipinski definition) is 4. The molecular weight excluding hydrogens is 278 g/mol. The molecule has 22 heavy (non-hydrogen) atoms. The maximum Gasteiger partial charge on any atom is 0.308 e. The largest absolute Gasteiger partial charge is 0.469 e. The number of esters is 1. The number of carbonyl (C=O) groups excluding carboxylic acids is 1. The van der Waals surface area contributed by atoms with Crippen molar-refractivity contribution in [1.82, 2.24) is 9.78 Å². The summed E-state index contributed by atoms with van der Waals surface area (Å²) < 4.78 is 6.79. The summed E-state index contributed by atoms with van der Waals surface area (Å²) in [6.45, 7) is 0.866. The number of benzene rings is 1. The molecule has 5 heteroatoms. The lowest BCUT2D eigenvalue weighted by Gasteiger charge is -2.26. The third-order valence-electron chi connectivity index (χ3n) is 4.51. The number of nitrogens with zero attached hydrogens (tertiary/aromatic N) is 3. The highest BCUT2D eigenvalue weighted by atomic mass is 16.5. The molecule has 1 saturated carbocycles. The Kier molecular flexibility index (Phi) is 4.10. The molecule has 0 N–H and O–H groups in total. The van der Waals surface area contributed by atoms with Crippen LogP contribution in [0.15, 0.2) is 24.4 Å². The molecule has 1 aromatic heterocycles. The van der Waals surface area contributed by atoms with Crippen LogP contribution in [0.3, 0.4) is 0 Å². The zero-order valence-corrected chi connectivity index (χ0v) is 12.7. The topological polar surface area (TPSA) is 67.9 Å². The monoisotopic (exact) mass is 297 g/mol. The number of carbonyl (C=O) groups is 1. The van der Waals surface area contributed by atoms with Gasteiger partial charge in [0.1, 0.15) is 0 Å². The van der Waals surface area contributed by atoms with Crippen molar-refractivity contribution in [2.75, 3.05) is 7.11 Å². The molecule has 3 rings (SSSR count). The summed E-state index contributed by atoms with van der Waals surface area (Å²) in [5.41, 5.74) is 1.58. The summed E-state index contributed by atoms with van der Waals surface area (Å²) in [4.78, 5) is 11.5. The van der Waals surface area contributed by atoms with E-state index in [1.54, 1.807) is 6.07 Å². The second-order valence-corrected chi connectivity index (χ2v) is 5.98. The lowest BCUT2D eigenvalue weighted by Crippen LogP contribution is -2.25. The second-order valence-electron chi connectivity index (χ2n) is 5.98. The number of ether oxygens (including phenoxy) is 1. The van der Waals surface area contributed by atoms with Gasteiger partial charge in [-0.25, -0.2) is 0 Å². The Bertz CT molecular complexity index is 721. The van der Waals surface area contributed by atoms with E-state index in [0.717, 1.165) is 43.1 Å². The molecule has 1 fully saturated rings. The molecule has 1 aliphatic rings. The molecule has 1 aromatic carbocycles. The molecule has 0 unspecified atom stereocenters. The number of hydrogen-bond donors (Lipinski definition) is 0. The Hall–Kier alpha value is -2.35.